The van der Waals surface area contributed by atoms with Crippen LogP contribution in [0, 0.1) is 5.92 Å². The molecule has 1 fully saturated rings. The van der Waals surface area contributed by atoms with Gasteiger partial charge < -0.3 is 10.0 Å². The smallest absolute Gasteiger partial charge is 0.407 e. The Balaban J connectivity index is 2.27. The molecule has 1 aliphatic rings. The summed E-state index contributed by atoms with van der Waals surface area (Å²) in [4.78, 5) is 14.5. The number of piperidine rings is 1. The lowest BCUT2D eigenvalue weighted by atomic mass is 9.97. The van der Waals surface area contributed by atoms with Crippen molar-refractivity contribution in [3.05, 3.63) is 23.5 Å². The molecule has 0 radical (unpaired) electrons. The molecule has 1 aliphatic heterocycles. The topological polar surface area (TPSA) is 87.6 Å². The fourth-order valence-electron chi connectivity index (χ4n) is 2.34. The summed E-state index contributed by atoms with van der Waals surface area (Å²) in [5.74, 6) is -1.47. The first-order valence-corrected chi connectivity index (χ1v) is 8.25. The lowest BCUT2D eigenvalue weighted by molar-refractivity contribution is -0.00349. The van der Waals surface area contributed by atoms with Gasteiger partial charge in [0.25, 0.3) is 0 Å². The minimum Gasteiger partial charge on any atom is -0.465 e. The van der Waals surface area contributed by atoms with E-state index in [1.807, 2.05) is 0 Å². The fraction of sp³-hybridized carbons (Fsp3) is 0.500. The molecule has 1 aromatic heterocycles. The number of carboxylic acid groups (broad SMARTS) is 1. The number of hydrogen-bond donors (Lipinski definition) is 1. The van der Waals surface area contributed by atoms with Crippen LogP contribution in [0.2, 0.25) is 5.15 Å². The maximum atomic E-state index is 14.4. The van der Waals surface area contributed by atoms with Gasteiger partial charge in [-0.1, -0.05) is 11.6 Å². The summed E-state index contributed by atoms with van der Waals surface area (Å²) in [7, 11) is -5.00. The standard InChI is InChI=1S/C12H13ClF2N2O4S/c13-10-9(2-1-5-16-10)22(20,21)12(14,15)8-3-6-17(7-4-8)11(18)19/h1-2,5,8H,3-4,6-7H2,(H,18,19). The molecule has 22 heavy (non-hydrogen) atoms. The second-order valence-corrected chi connectivity index (χ2v) is 7.25. The van der Waals surface area contributed by atoms with Crippen LogP contribution in [0.4, 0.5) is 13.6 Å². The molecular weight excluding hydrogens is 342 g/mol. The second-order valence-electron chi connectivity index (χ2n) is 4.90. The number of amides is 1. The monoisotopic (exact) mass is 354 g/mol. The maximum absolute atomic E-state index is 14.4. The van der Waals surface area contributed by atoms with Crippen molar-refractivity contribution < 1.29 is 27.1 Å². The Labute approximate surface area is 130 Å². The van der Waals surface area contributed by atoms with E-state index < -0.39 is 37.2 Å². The van der Waals surface area contributed by atoms with Gasteiger partial charge in [0, 0.05) is 25.2 Å². The molecule has 2 rings (SSSR count). The summed E-state index contributed by atoms with van der Waals surface area (Å²) in [6, 6.07) is 2.19. The van der Waals surface area contributed by atoms with Gasteiger partial charge >= 0.3 is 11.3 Å². The van der Waals surface area contributed by atoms with E-state index in [9.17, 15) is 22.0 Å². The van der Waals surface area contributed by atoms with Gasteiger partial charge in [-0.05, 0) is 25.0 Å². The van der Waals surface area contributed by atoms with Crippen LogP contribution in [-0.4, -0.2) is 47.8 Å². The lowest BCUT2D eigenvalue weighted by Gasteiger charge is -2.34. The molecule has 6 nitrogen and oxygen atoms in total. The molecule has 0 aromatic carbocycles. The van der Waals surface area contributed by atoms with Crippen LogP contribution in [0.1, 0.15) is 12.8 Å². The van der Waals surface area contributed by atoms with Crippen LogP contribution in [0.5, 0.6) is 0 Å². The maximum Gasteiger partial charge on any atom is 0.407 e. The van der Waals surface area contributed by atoms with Gasteiger partial charge in [-0.25, -0.2) is 18.2 Å². The summed E-state index contributed by atoms with van der Waals surface area (Å²) in [5, 5.41) is 4.25. The van der Waals surface area contributed by atoms with Crippen molar-refractivity contribution in [3.8, 4) is 0 Å². The highest BCUT2D eigenvalue weighted by Gasteiger charge is 2.54. The van der Waals surface area contributed by atoms with E-state index in [4.69, 9.17) is 16.7 Å². The number of halogens is 3. The molecule has 10 heteroatoms. The minimum absolute atomic E-state index is 0.133. The van der Waals surface area contributed by atoms with Gasteiger partial charge in [-0.3, -0.25) is 0 Å². The third kappa shape index (κ3) is 2.87. The fourth-order valence-corrected chi connectivity index (χ4v) is 4.27. The molecule has 0 spiro atoms. The van der Waals surface area contributed by atoms with Gasteiger partial charge in [-0.15, -0.1) is 0 Å². The Kier molecular flexibility index (Phi) is 4.57. The molecular formula is C12H13ClF2N2O4S. The van der Waals surface area contributed by atoms with Gasteiger partial charge in [0.2, 0.25) is 9.84 Å². The Morgan fingerprint density at radius 1 is 1.41 bits per heavy atom. The summed E-state index contributed by atoms with van der Waals surface area (Å²) in [6.07, 6.45) is -0.488. The summed E-state index contributed by atoms with van der Waals surface area (Å²) in [6.45, 7) is -0.266. The molecule has 0 atom stereocenters. The van der Waals surface area contributed by atoms with Crippen molar-refractivity contribution in [1.29, 1.82) is 0 Å². The van der Waals surface area contributed by atoms with E-state index in [2.05, 4.69) is 4.98 Å². The number of alkyl halides is 2. The third-order valence-electron chi connectivity index (χ3n) is 3.61. The molecule has 1 aromatic rings. The lowest BCUT2D eigenvalue weighted by Crippen LogP contribution is -2.46. The first-order chi connectivity index (χ1) is 10.2. The van der Waals surface area contributed by atoms with Crippen LogP contribution in [-0.2, 0) is 9.84 Å². The Morgan fingerprint density at radius 3 is 2.50 bits per heavy atom. The quantitative estimate of drug-likeness (QED) is 0.842. The average Bonchev–Trinajstić information content (AvgIpc) is 2.47. The molecule has 1 saturated heterocycles. The molecule has 0 saturated carbocycles. The number of aromatic nitrogens is 1. The predicted molar refractivity (Wildman–Crippen MR) is 73.7 cm³/mol. The van der Waals surface area contributed by atoms with Gasteiger partial charge in [0.05, 0.1) is 0 Å². The van der Waals surface area contributed by atoms with E-state index in [0.29, 0.717) is 0 Å². The largest absolute Gasteiger partial charge is 0.465 e. The molecule has 1 amide bonds. The van der Waals surface area contributed by atoms with Crippen LogP contribution in [0.3, 0.4) is 0 Å². The second kappa shape index (κ2) is 5.96. The van der Waals surface area contributed by atoms with Gasteiger partial charge in [-0.2, -0.15) is 8.78 Å². The number of rotatable bonds is 3. The van der Waals surface area contributed by atoms with Crippen molar-refractivity contribution in [2.45, 2.75) is 23.0 Å². The molecule has 1 N–H and O–H groups in total. The molecule has 0 unspecified atom stereocenters. The Bertz CT molecular complexity index is 675. The van der Waals surface area contributed by atoms with Crippen molar-refractivity contribution in [3.63, 3.8) is 0 Å². The van der Waals surface area contributed by atoms with Crippen LogP contribution in [0.15, 0.2) is 23.2 Å². The number of hydrogen-bond acceptors (Lipinski definition) is 4. The third-order valence-corrected chi connectivity index (χ3v) is 5.99. The summed E-state index contributed by atoms with van der Waals surface area (Å²) >= 11 is 5.61. The van der Waals surface area contributed by atoms with Crippen molar-refractivity contribution in [2.75, 3.05) is 13.1 Å². The average molecular weight is 355 g/mol. The van der Waals surface area contributed by atoms with E-state index in [0.717, 1.165) is 11.0 Å². The van der Waals surface area contributed by atoms with Crippen LogP contribution >= 0.6 is 11.6 Å². The Hall–Kier alpha value is -1.48. The molecule has 0 aliphatic carbocycles. The highest BCUT2D eigenvalue weighted by molar-refractivity contribution is 7.92. The van der Waals surface area contributed by atoms with E-state index >= 15 is 0 Å². The van der Waals surface area contributed by atoms with Crippen molar-refractivity contribution in [1.82, 2.24) is 9.88 Å². The molecule has 2 heterocycles. The predicted octanol–water partition coefficient (Wildman–Crippen LogP) is 2.49. The van der Waals surface area contributed by atoms with E-state index in [-0.39, 0.29) is 25.9 Å². The summed E-state index contributed by atoms with van der Waals surface area (Å²) < 4.78 is 53.3. The number of likely N-dealkylation sites (tertiary alicyclic amines) is 1. The van der Waals surface area contributed by atoms with Gasteiger partial charge in [0.15, 0.2) is 0 Å². The van der Waals surface area contributed by atoms with Crippen LogP contribution < -0.4 is 0 Å². The highest BCUT2D eigenvalue weighted by Crippen LogP contribution is 2.42. The van der Waals surface area contributed by atoms with Crippen molar-refractivity contribution in [2.24, 2.45) is 5.92 Å². The summed E-state index contributed by atoms with van der Waals surface area (Å²) in [5.41, 5.74) is 0. The SMILES string of the molecule is O=C(O)N1CCC(C(F)(F)S(=O)(=O)c2cccnc2Cl)CC1. The van der Waals surface area contributed by atoms with Gasteiger partial charge in [0.1, 0.15) is 10.0 Å². The number of sulfone groups is 1. The highest BCUT2D eigenvalue weighted by atomic mass is 35.5. The van der Waals surface area contributed by atoms with E-state index in [1.54, 1.807) is 0 Å². The normalized spacial score (nSPS) is 17.5. The Morgan fingerprint density at radius 2 is 2.00 bits per heavy atom. The van der Waals surface area contributed by atoms with E-state index in [1.165, 1.54) is 12.3 Å². The minimum atomic E-state index is -5.00. The zero-order valence-electron chi connectivity index (χ0n) is 11.2. The zero-order valence-corrected chi connectivity index (χ0v) is 12.8. The van der Waals surface area contributed by atoms with Crippen LogP contribution in [0.25, 0.3) is 0 Å². The number of carbonyl (C=O) groups is 1. The first-order valence-electron chi connectivity index (χ1n) is 6.38. The van der Waals surface area contributed by atoms with Crippen molar-refractivity contribution >= 4 is 27.5 Å². The zero-order chi connectivity index (χ0) is 16.5. The molecule has 0 bridgehead atoms. The number of nitrogens with zero attached hydrogens (tertiary/aromatic N) is 2. The molecule has 122 valence electrons. The number of pyridine rings is 1. The first kappa shape index (κ1) is 16.9.